The number of carbonyl (C=O) groups excluding carboxylic acids is 3. The van der Waals surface area contributed by atoms with Crippen LogP contribution in [0.25, 0.3) is 11.2 Å². The molecule has 1 aliphatic rings. The molecule has 2 aromatic heterocycles. The molecule has 5 atom stereocenters. The van der Waals surface area contributed by atoms with Crippen LogP contribution in [0.3, 0.4) is 0 Å². The molecule has 3 rings (SSSR count). The van der Waals surface area contributed by atoms with E-state index >= 15 is 0 Å². The Hall–Kier alpha value is -3.56. The number of rotatable bonds is 31. The van der Waals surface area contributed by atoms with E-state index < -0.39 is 67.3 Å². The van der Waals surface area contributed by atoms with Crippen LogP contribution < -0.4 is 17.0 Å². The van der Waals surface area contributed by atoms with Gasteiger partial charge in [-0.3, -0.25) is 28.7 Å². The Morgan fingerprint density at radius 3 is 1.73 bits per heavy atom. The van der Waals surface area contributed by atoms with Crippen molar-refractivity contribution in [3.8, 4) is 0 Å². The van der Waals surface area contributed by atoms with Crippen LogP contribution in [-0.4, -0.2) is 80.1 Å². The van der Waals surface area contributed by atoms with Gasteiger partial charge in [0.15, 0.2) is 29.6 Å². The highest BCUT2D eigenvalue weighted by atomic mass is 16.7. The summed E-state index contributed by atoms with van der Waals surface area (Å²) in [7, 11) is 0. The minimum Gasteiger partial charge on any atom is -0.462 e. The quantitative estimate of drug-likeness (QED) is 0.0355. The first-order valence-corrected chi connectivity index (χ1v) is 21.5. The lowest BCUT2D eigenvalue weighted by molar-refractivity contribution is -0.169. The monoisotopic (exact) mass is 791 g/mol. The Morgan fingerprint density at radius 1 is 0.786 bits per heavy atom. The fraction of sp³-hybridized carbons (Fsp3) is 0.805. The molecule has 0 amide bonds. The number of H-pyrrole nitrogens is 1. The third kappa shape index (κ3) is 16.5. The third-order valence-electron chi connectivity index (χ3n) is 10.4. The number of nitrogens with zero attached hydrogens (tertiary/aromatic N) is 3. The molecule has 0 saturated carbocycles. The zero-order valence-corrected chi connectivity index (χ0v) is 34.1. The summed E-state index contributed by atoms with van der Waals surface area (Å²) in [6, 6.07) is -1.29. The van der Waals surface area contributed by atoms with Crippen molar-refractivity contribution in [3.63, 3.8) is 0 Å². The van der Waals surface area contributed by atoms with E-state index in [0.29, 0.717) is 12.8 Å². The van der Waals surface area contributed by atoms with E-state index in [1.54, 1.807) is 0 Å². The Kier molecular flexibility index (Phi) is 22.7. The number of nitrogens with one attached hydrogen (secondary N) is 1. The zero-order chi connectivity index (χ0) is 40.5. The van der Waals surface area contributed by atoms with E-state index in [9.17, 15) is 24.3 Å². The molecule has 0 spiro atoms. The van der Waals surface area contributed by atoms with Crippen LogP contribution in [0.4, 0.5) is 5.95 Å². The van der Waals surface area contributed by atoms with E-state index in [-0.39, 0.29) is 30.0 Å². The maximum absolute atomic E-state index is 13.4. The Morgan fingerprint density at radius 2 is 1.25 bits per heavy atom. The lowest BCUT2D eigenvalue weighted by atomic mass is 10.1. The van der Waals surface area contributed by atoms with Crippen molar-refractivity contribution in [2.24, 2.45) is 5.73 Å². The summed E-state index contributed by atoms with van der Waals surface area (Å²) in [6.07, 6.45) is 21.7. The van der Waals surface area contributed by atoms with Gasteiger partial charge in [-0.25, -0.2) is 4.98 Å². The summed E-state index contributed by atoms with van der Waals surface area (Å²) >= 11 is 0. The van der Waals surface area contributed by atoms with Crippen LogP contribution in [0.5, 0.6) is 0 Å². The van der Waals surface area contributed by atoms with Crippen LogP contribution in [0.2, 0.25) is 0 Å². The molecule has 2 aromatic rings. The third-order valence-corrected chi connectivity index (χ3v) is 10.4. The molecule has 1 aliphatic heterocycles. The van der Waals surface area contributed by atoms with Gasteiger partial charge in [-0.2, -0.15) is 4.98 Å². The molecule has 1 saturated heterocycles. The summed E-state index contributed by atoms with van der Waals surface area (Å²) < 4.78 is 25.1. The van der Waals surface area contributed by atoms with Crippen molar-refractivity contribution in [2.75, 3.05) is 18.9 Å². The number of fused-ring (bicyclic) bond motifs is 1. The number of unbranched alkanes of at least 4 members (excludes halogenated alkanes) is 20. The van der Waals surface area contributed by atoms with Crippen LogP contribution in [0, 0.1) is 0 Å². The van der Waals surface area contributed by atoms with Gasteiger partial charge in [0, 0.05) is 12.8 Å². The second-order valence-corrected chi connectivity index (χ2v) is 15.2. The van der Waals surface area contributed by atoms with Crippen molar-refractivity contribution in [2.45, 2.75) is 199 Å². The first kappa shape index (κ1) is 46.8. The Labute approximate surface area is 332 Å². The minimum absolute atomic E-state index is 0.0253. The topological polar surface area (TPSA) is 224 Å². The van der Waals surface area contributed by atoms with Crippen molar-refractivity contribution >= 4 is 35.0 Å². The number of imidazole rings is 1. The molecule has 0 unspecified atom stereocenters. The fourth-order valence-corrected chi connectivity index (χ4v) is 7.10. The smallest absolute Gasteiger partial charge is 0.325 e. The lowest BCUT2D eigenvalue weighted by Gasteiger charge is -2.25. The highest BCUT2D eigenvalue weighted by molar-refractivity contribution is 5.75. The molecule has 1 fully saturated rings. The molecule has 318 valence electrons. The fourth-order valence-electron chi connectivity index (χ4n) is 7.10. The van der Waals surface area contributed by atoms with Gasteiger partial charge in [-0.15, -0.1) is 0 Å². The number of ether oxygens (including phenoxy) is 4. The number of aromatic amines is 1. The largest absolute Gasteiger partial charge is 0.462 e. The second-order valence-electron chi connectivity index (χ2n) is 15.2. The second kappa shape index (κ2) is 27.1. The maximum atomic E-state index is 13.4. The predicted octanol–water partition coefficient (Wildman–Crippen LogP) is 6.69. The minimum atomic E-state index is -1.29. The number of hydrogen-bond acceptors (Lipinski definition) is 13. The standard InChI is InChI=1S/C41H70N6O9/c1-3-5-7-9-11-13-15-17-19-21-23-25-32(49)55-35-31(28-53-40(52)30(42)27-48)54-39(47-29-44-34-37(47)45-41(43)46-38(34)51)36(35)56-33(50)26-24-22-20-18-16-14-12-10-8-6-4-2/h29-31,35-36,39,48H,3-28,42H2,1-2H3,(H3,43,45,46,51)/t30-,31+,35+,36+,39+/m0/s1. The number of esters is 3. The summed E-state index contributed by atoms with van der Waals surface area (Å²) in [5.74, 6) is -2.07. The summed E-state index contributed by atoms with van der Waals surface area (Å²) in [4.78, 5) is 62.6. The number of nitrogen functional groups attached to an aromatic ring is 1. The van der Waals surface area contributed by atoms with Crippen molar-refractivity contribution in [1.29, 1.82) is 0 Å². The van der Waals surface area contributed by atoms with Crippen LogP contribution in [0.15, 0.2) is 11.1 Å². The number of nitrogens with two attached hydrogens (primary N) is 2. The van der Waals surface area contributed by atoms with Gasteiger partial charge in [-0.1, -0.05) is 142 Å². The van der Waals surface area contributed by atoms with Gasteiger partial charge in [0.2, 0.25) is 5.95 Å². The van der Waals surface area contributed by atoms with Gasteiger partial charge in [-0.05, 0) is 12.8 Å². The molecule has 0 aromatic carbocycles. The van der Waals surface area contributed by atoms with Gasteiger partial charge in [0.05, 0.1) is 12.9 Å². The number of anilines is 1. The first-order chi connectivity index (χ1) is 27.2. The number of carbonyl (C=O) groups is 3. The van der Waals surface area contributed by atoms with Crippen LogP contribution in [0.1, 0.15) is 174 Å². The van der Waals surface area contributed by atoms with E-state index in [4.69, 9.17) is 30.4 Å². The highest BCUT2D eigenvalue weighted by Crippen LogP contribution is 2.36. The van der Waals surface area contributed by atoms with E-state index in [2.05, 4.69) is 28.8 Å². The number of hydrogen-bond donors (Lipinski definition) is 4. The molecule has 0 bridgehead atoms. The van der Waals surface area contributed by atoms with Crippen LogP contribution in [-0.2, 0) is 33.3 Å². The normalized spacial score (nSPS) is 18.6. The van der Waals surface area contributed by atoms with E-state index in [1.165, 1.54) is 101 Å². The average Bonchev–Trinajstić information content (AvgIpc) is 3.75. The van der Waals surface area contributed by atoms with Gasteiger partial charge >= 0.3 is 17.9 Å². The molecule has 0 aliphatic carbocycles. The van der Waals surface area contributed by atoms with Crippen LogP contribution >= 0.6 is 0 Å². The highest BCUT2D eigenvalue weighted by Gasteiger charge is 2.51. The Bertz CT molecular complexity index is 1480. The molecule has 15 nitrogen and oxygen atoms in total. The predicted molar refractivity (Wildman–Crippen MR) is 214 cm³/mol. The van der Waals surface area contributed by atoms with Gasteiger partial charge < -0.3 is 35.5 Å². The Balaban J connectivity index is 1.67. The molecular formula is C41H70N6O9. The average molecular weight is 791 g/mol. The van der Waals surface area contributed by atoms with E-state index in [0.717, 1.165) is 38.5 Å². The number of aromatic nitrogens is 4. The molecular weight excluding hydrogens is 720 g/mol. The lowest BCUT2D eigenvalue weighted by Crippen LogP contribution is -2.42. The van der Waals surface area contributed by atoms with Gasteiger partial charge in [0.1, 0.15) is 18.8 Å². The molecule has 56 heavy (non-hydrogen) atoms. The van der Waals surface area contributed by atoms with Crippen molar-refractivity contribution < 1.29 is 38.4 Å². The van der Waals surface area contributed by atoms with E-state index in [1.807, 2.05) is 0 Å². The molecule has 6 N–H and O–H groups in total. The first-order valence-electron chi connectivity index (χ1n) is 21.5. The SMILES string of the molecule is CCCCCCCCCCCCCC(=O)O[C@@H]1[C@H](OC(=O)CCCCCCCCCCCCC)[C@@H](COC(=O)[C@@H](N)CO)O[C@H]1n1cnc2c(=O)[nH]c(N)nc21. The van der Waals surface area contributed by atoms with Crippen molar-refractivity contribution in [3.05, 3.63) is 16.7 Å². The zero-order valence-electron chi connectivity index (χ0n) is 34.1. The summed E-state index contributed by atoms with van der Waals surface area (Å²) in [5, 5.41) is 9.36. The van der Waals surface area contributed by atoms with Crippen molar-refractivity contribution in [1.82, 2.24) is 19.5 Å². The van der Waals surface area contributed by atoms with Gasteiger partial charge in [0.25, 0.3) is 5.56 Å². The summed E-state index contributed by atoms with van der Waals surface area (Å²) in [5.41, 5.74) is 11.0. The molecule has 15 heteroatoms. The number of aliphatic hydroxyl groups excluding tert-OH is 1. The molecule has 0 radical (unpaired) electrons. The summed E-state index contributed by atoms with van der Waals surface area (Å²) in [6.45, 7) is 3.38. The number of aliphatic hydroxyl groups is 1. The molecule has 3 heterocycles. The maximum Gasteiger partial charge on any atom is 0.325 e.